The summed E-state index contributed by atoms with van der Waals surface area (Å²) in [5.41, 5.74) is 7.01. The molecule has 1 aromatic carbocycles. The van der Waals surface area contributed by atoms with Gasteiger partial charge in [0.05, 0.1) is 6.42 Å². The lowest BCUT2D eigenvalue weighted by molar-refractivity contribution is -0.131. The third kappa shape index (κ3) is 3.58. The summed E-state index contributed by atoms with van der Waals surface area (Å²) < 4.78 is 5.26. The molecule has 0 radical (unpaired) electrons. The third-order valence-corrected chi connectivity index (χ3v) is 1.87. The molecule has 6 heteroatoms. The minimum absolute atomic E-state index is 0.208. The summed E-state index contributed by atoms with van der Waals surface area (Å²) in [7, 11) is 0. The van der Waals surface area contributed by atoms with Crippen LogP contribution in [0.5, 0.6) is 5.75 Å². The van der Waals surface area contributed by atoms with E-state index in [2.05, 4.69) is 0 Å². The number of benzene rings is 1. The van der Waals surface area contributed by atoms with Crippen LogP contribution in [0.3, 0.4) is 0 Å². The van der Waals surface area contributed by atoms with E-state index in [-0.39, 0.29) is 6.42 Å². The Hall–Kier alpha value is -2.08. The summed E-state index contributed by atoms with van der Waals surface area (Å²) >= 11 is 0. The van der Waals surface area contributed by atoms with Crippen LogP contribution >= 0.6 is 0 Å². The predicted octanol–water partition coefficient (Wildman–Crippen LogP) is -0.701. The third-order valence-electron chi connectivity index (χ3n) is 1.87. The summed E-state index contributed by atoms with van der Waals surface area (Å²) in [5, 5.41) is 0. The Balaban J connectivity index is 2.65. The highest BCUT2D eigenvalue weighted by molar-refractivity contribution is 5.86. The minimum atomic E-state index is -1.02. The summed E-state index contributed by atoms with van der Waals surface area (Å²) in [6.45, 7) is 0. The largest absolute Gasteiger partial charge is 0.480 e. The quantitative estimate of drug-likeness (QED) is 0.348. The molecule has 6 nitrogen and oxygen atoms in total. The highest BCUT2D eigenvalue weighted by Crippen LogP contribution is 2.12. The molecule has 0 aliphatic heterocycles. The molecule has 0 saturated heterocycles. The number of ether oxygens (including phenoxy) is 1. The van der Waals surface area contributed by atoms with Gasteiger partial charge >= 0.3 is 0 Å². The van der Waals surface area contributed by atoms with Gasteiger partial charge < -0.3 is 10.5 Å². The fourth-order valence-electron chi connectivity index (χ4n) is 1.09. The van der Waals surface area contributed by atoms with E-state index in [9.17, 15) is 9.59 Å². The van der Waals surface area contributed by atoms with Crippen LogP contribution in [0.15, 0.2) is 30.3 Å². The number of hydrogen-bond acceptors (Lipinski definition) is 4. The van der Waals surface area contributed by atoms with Gasteiger partial charge in [-0.15, -0.1) is 0 Å². The standard InChI is InChI=1S/C10H13N3O3/c11-10(15)8(6-9(14)13-12)16-7-4-2-1-3-5-7/h1-5,8H,6,12H2,(H2,11,15)(H,13,14). The number of primary amides is 1. The van der Waals surface area contributed by atoms with Gasteiger partial charge in [0.15, 0.2) is 6.10 Å². The molecule has 1 aromatic rings. The van der Waals surface area contributed by atoms with Crippen molar-refractivity contribution in [2.45, 2.75) is 12.5 Å². The molecule has 0 saturated carbocycles. The lowest BCUT2D eigenvalue weighted by Crippen LogP contribution is -2.40. The first-order valence-corrected chi connectivity index (χ1v) is 4.64. The van der Waals surface area contributed by atoms with Crippen molar-refractivity contribution < 1.29 is 14.3 Å². The van der Waals surface area contributed by atoms with E-state index in [0.29, 0.717) is 5.75 Å². The van der Waals surface area contributed by atoms with Crippen LogP contribution in [0.4, 0.5) is 0 Å². The fourth-order valence-corrected chi connectivity index (χ4v) is 1.09. The number of para-hydroxylation sites is 1. The Kier molecular flexibility index (Phi) is 4.28. The summed E-state index contributed by atoms with van der Waals surface area (Å²) in [6.07, 6.45) is -1.23. The van der Waals surface area contributed by atoms with Crippen molar-refractivity contribution in [2.75, 3.05) is 0 Å². The van der Waals surface area contributed by atoms with Crippen LogP contribution in [-0.4, -0.2) is 17.9 Å². The molecular formula is C10H13N3O3. The molecule has 0 aliphatic carbocycles. The molecule has 0 bridgehead atoms. The summed E-state index contributed by atoms with van der Waals surface area (Å²) in [6, 6.07) is 8.62. The number of carbonyl (C=O) groups is 2. The van der Waals surface area contributed by atoms with Gasteiger partial charge in [0, 0.05) is 0 Å². The number of amides is 2. The molecule has 1 rings (SSSR count). The molecule has 16 heavy (non-hydrogen) atoms. The van der Waals surface area contributed by atoms with Crippen LogP contribution in [0.25, 0.3) is 0 Å². The van der Waals surface area contributed by atoms with Crippen molar-refractivity contribution in [3.63, 3.8) is 0 Å². The van der Waals surface area contributed by atoms with Gasteiger partial charge in [0.1, 0.15) is 5.75 Å². The van der Waals surface area contributed by atoms with Crippen LogP contribution < -0.4 is 21.7 Å². The van der Waals surface area contributed by atoms with E-state index in [4.69, 9.17) is 16.3 Å². The summed E-state index contributed by atoms with van der Waals surface area (Å²) in [5.74, 6) is 4.15. The molecule has 0 aliphatic rings. The molecule has 0 aromatic heterocycles. The van der Waals surface area contributed by atoms with Crippen LogP contribution in [-0.2, 0) is 9.59 Å². The van der Waals surface area contributed by atoms with Gasteiger partial charge in [-0.05, 0) is 12.1 Å². The first-order chi connectivity index (χ1) is 7.63. The Morgan fingerprint density at radius 3 is 2.44 bits per heavy atom. The molecule has 1 atom stereocenters. The smallest absolute Gasteiger partial charge is 0.259 e. The average molecular weight is 223 g/mol. The Morgan fingerprint density at radius 2 is 1.94 bits per heavy atom. The maximum Gasteiger partial charge on any atom is 0.259 e. The zero-order valence-electron chi connectivity index (χ0n) is 8.55. The second kappa shape index (κ2) is 5.72. The SMILES string of the molecule is NNC(=O)CC(Oc1ccccc1)C(N)=O. The Bertz CT molecular complexity index is 367. The number of carbonyl (C=O) groups excluding carboxylic acids is 2. The van der Waals surface area contributed by atoms with Gasteiger partial charge in [-0.1, -0.05) is 18.2 Å². The molecular weight excluding hydrogens is 210 g/mol. The zero-order chi connectivity index (χ0) is 12.0. The van der Waals surface area contributed by atoms with Gasteiger partial charge in [-0.25, -0.2) is 5.84 Å². The monoisotopic (exact) mass is 223 g/mol. The lowest BCUT2D eigenvalue weighted by Gasteiger charge is -2.14. The molecule has 0 fully saturated rings. The number of hydrazine groups is 1. The van der Waals surface area contributed by atoms with Crippen molar-refractivity contribution in [1.82, 2.24) is 5.43 Å². The fraction of sp³-hybridized carbons (Fsp3) is 0.200. The molecule has 0 spiro atoms. The van der Waals surface area contributed by atoms with E-state index < -0.39 is 17.9 Å². The lowest BCUT2D eigenvalue weighted by atomic mass is 10.2. The van der Waals surface area contributed by atoms with Crippen LogP contribution in [0, 0.1) is 0 Å². The van der Waals surface area contributed by atoms with E-state index >= 15 is 0 Å². The van der Waals surface area contributed by atoms with Crippen LogP contribution in [0.2, 0.25) is 0 Å². The molecule has 5 N–H and O–H groups in total. The van der Waals surface area contributed by atoms with Gasteiger partial charge in [0.2, 0.25) is 5.91 Å². The molecule has 0 heterocycles. The second-order valence-electron chi connectivity index (χ2n) is 3.09. The second-order valence-corrected chi connectivity index (χ2v) is 3.09. The highest BCUT2D eigenvalue weighted by Gasteiger charge is 2.20. The Morgan fingerprint density at radius 1 is 1.31 bits per heavy atom. The molecule has 86 valence electrons. The summed E-state index contributed by atoms with van der Waals surface area (Å²) in [4.78, 5) is 22.0. The van der Waals surface area contributed by atoms with Crippen molar-refractivity contribution in [2.24, 2.45) is 11.6 Å². The van der Waals surface area contributed by atoms with Crippen LogP contribution in [0.1, 0.15) is 6.42 Å². The van der Waals surface area contributed by atoms with Crippen molar-refractivity contribution in [3.8, 4) is 5.75 Å². The maximum atomic E-state index is 11.0. The number of rotatable bonds is 5. The van der Waals surface area contributed by atoms with E-state index in [0.717, 1.165) is 0 Å². The van der Waals surface area contributed by atoms with Gasteiger partial charge in [-0.2, -0.15) is 0 Å². The average Bonchev–Trinajstić information content (AvgIpc) is 2.29. The highest BCUT2D eigenvalue weighted by atomic mass is 16.5. The topological polar surface area (TPSA) is 107 Å². The Labute approximate surface area is 92.5 Å². The number of hydrogen-bond donors (Lipinski definition) is 3. The minimum Gasteiger partial charge on any atom is -0.480 e. The first-order valence-electron chi connectivity index (χ1n) is 4.64. The number of nitrogens with two attached hydrogens (primary N) is 2. The normalized spacial score (nSPS) is 11.6. The number of nitrogens with one attached hydrogen (secondary N) is 1. The molecule has 2 amide bonds. The van der Waals surface area contributed by atoms with Gasteiger partial charge in [0.25, 0.3) is 5.91 Å². The predicted molar refractivity (Wildman–Crippen MR) is 57.0 cm³/mol. The van der Waals surface area contributed by atoms with Gasteiger partial charge in [-0.3, -0.25) is 15.0 Å². The van der Waals surface area contributed by atoms with Crippen molar-refractivity contribution >= 4 is 11.8 Å². The van der Waals surface area contributed by atoms with Crippen molar-refractivity contribution in [1.29, 1.82) is 0 Å². The maximum absolute atomic E-state index is 11.0. The van der Waals surface area contributed by atoms with E-state index in [1.54, 1.807) is 30.3 Å². The first kappa shape index (κ1) is 12.0. The molecule has 1 unspecified atom stereocenters. The zero-order valence-corrected chi connectivity index (χ0v) is 8.55. The van der Waals surface area contributed by atoms with Crippen molar-refractivity contribution in [3.05, 3.63) is 30.3 Å². The van der Waals surface area contributed by atoms with E-state index in [1.165, 1.54) is 0 Å². The van der Waals surface area contributed by atoms with E-state index in [1.807, 2.05) is 5.43 Å².